The van der Waals surface area contributed by atoms with Crippen LogP contribution in [0.1, 0.15) is 24.5 Å². The summed E-state index contributed by atoms with van der Waals surface area (Å²) in [5, 5.41) is 3.94. The number of imidazole rings is 1. The van der Waals surface area contributed by atoms with Crippen LogP contribution in [0, 0.1) is 0 Å². The van der Waals surface area contributed by atoms with Gasteiger partial charge in [0, 0.05) is 18.7 Å². The van der Waals surface area contributed by atoms with Crippen LogP contribution in [0.15, 0.2) is 6.20 Å². The highest BCUT2D eigenvalue weighted by atomic mass is 35.5. The van der Waals surface area contributed by atoms with Crippen LogP contribution in [-0.4, -0.2) is 22.6 Å². The fraction of sp³-hybridized carbons (Fsp3) is 0.667. The first-order valence-electron chi connectivity index (χ1n) is 4.67. The number of rotatable bonds is 1. The van der Waals surface area contributed by atoms with Gasteiger partial charge in [0.05, 0.1) is 6.20 Å². The lowest BCUT2D eigenvalue weighted by Crippen LogP contribution is -2.27. The number of hydrogen-bond acceptors (Lipinski definition) is 2. The van der Waals surface area contributed by atoms with E-state index in [-0.39, 0.29) is 0 Å². The van der Waals surface area contributed by atoms with Crippen molar-refractivity contribution in [2.45, 2.75) is 18.8 Å². The molecule has 0 aromatic carbocycles. The molecule has 1 saturated heterocycles. The zero-order valence-electron chi connectivity index (χ0n) is 7.76. The lowest BCUT2D eigenvalue weighted by molar-refractivity contribution is 0.445. The van der Waals surface area contributed by atoms with Gasteiger partial charge in [0.1, 0.15) is 0 Å². The summed E-state index contributed by atoms with van der Waals surface area (Å²) < 4.78 is 1.98. The number of nitrogens with one attached hydrogen (secondary N) is 1. The molecule has 0 amide bonds. The summed E-state index contributed by atoms with van der Waals surface area (Å²) in [6.07, 6.45) is 4.28. The Morgan fingerprint density at radius 3 is 2.77 bits per heavy atom. The summed E-state index contributed by atoms with van der Waals surface area (Å²) in [5.74, 6) is 0.631. The van der Waals surface area contributed by atoms with Gasteiger partial charge < -0.3 is 9.88 Å². The molecule has 0 aliphatic carbocycles. The van der Waals surface area contributed by atoms with Crippen LogP contribution in [0.4, 0.5) is 0 Å². The van der Waals surface area contributed by atoms with Crippen molar-refractivity contribution in [2.75, 3.05) is 13.1 Å². The Bertz CT molecular complexity index is 289. The van der Waals surface area contributed by atoms with E-state index in [0.29, 0.717) is 11.2 Å². The smallest absolute Gasteiger partial charge is 0.202 e. The minimum Gasteiger partial charge on any atom is -0.322 e. The molecule has 0 saturated carbocycles. The second-order valence-electron chi connectivity index (χ2n) is 3.54. The molecule has 1 aliphatic rings. The average molecular weight is 200 g/mol. The molecule has 2 heterocycles. The summed E-state index contributed by atoms with van der Waals surface area (Å²) in [5.41, 5.74) is 1.27. The quantitative estimate of drug-likeness (QED) is 0.744. The normalized spacial score (nSPS) is 19.2. The van der Waals surface area contributed by atoms with E-state index in [9.17, 15) is 0 Å². The molecule has 3 nitrogen and oxygen atoms in total. The topological polar surface area (TPSA) is 29.9 Å². The van der Waals surface area contributed by atoms with Crippen LogP contribution in [0.2, 0.25) is 5.28 Å². The van der Waals surface area contributed by atoms with Crippen LogP contribution >= 0.6 is 11.6 Å². The van der Waals surface area contributed by atoms with Crippen molar-refractivity contribution in [3.8, 4) is 0 Å². The monoisotopic (exact) mass is 199 g/mol. The minimum absolute atomic E-state index is 0.591. The van der Waals surface area contributed by atoms with Gasteiger partial charge in [0.15, 0.2) is 0 Å². The third-order valence-corrected chi connectivity index (χ3v) is 3.08. The van der Waals surface area contributed by atoms with E-state index in [1.807, 2.05) is 17.8 Å². The van der Waals surface area contributed by atoms with Crippen molar-refractivity contribution in [3.63, 3.8) is 0 Å². The van der Waals surface area contributed by atoms with Crippen molar-refractivity contribution in [1.29, 1.82) is 0 Å². The predicted molar refractivity (Wildman–Crippen MR) is 53.1 cm³/mol. The summed E-state index contributed by atoms with van der Waals surface area (Å²) in [4.78, 5) is 4.10. The zero-order valence-corrected chi connectivity index (χ0v) is 8.51. The third-order valence-electron chi connectivity index (χ3n) is 2.72. The van der Waals surface area contributed by atoms with Crippen LogP contribution < -0.4 is 5.32 Å². The molecule has 0 bridgehead atoms. The van der Waals surface area contributed by atoms with Gasteiger partial charge in [-0.3, -0.25) is 0 Å². The summed E-state index contributed by atoms with van der Waals surface area (Å²) in [7, 11) is 1.98. The predicted octanol–water partition coefficient (Wildman–Crippen LogP) is 1.54. The first-order valence-corrected chi connectivity index (χ1v) is 5.04. The minimum atomic E-state index is 0.591. The summed E-state index contributed by atoms with van der Waals surface area (Å²) in [6, 6.07) is 0. The molecule has 0 spiro atoms. The number of piperidine rings is 1. The molecule has 1 N–H and O–H groups in total. The number of hydrogen-bond donors (Lipinski definition) is 1. The van der Waals surface area contributed by atoms with Gasteiger partial charge in [-0.25, -0.2) is 4.98 Å². The van der Waals surface area contributed by atoms with E-state index in [4.69, 9.17) is 11.6 Å². The van der Waals surface area contributed by atoms with Crippen LogP contribution in [-0.2, 0) is 7.05 Å². The molecule has 1 aromatic rings. The molecule has 0 radical (unpaired) electrons. The molecular formula is C9H14ClN3. The molecule has 72 valence electrons. The van der Waals surface area contributed by atoms with Gasteiger partial charge in [-0.05, 0) is 37.5 Å². The Hall–Kier alpha value is -0.540. The van der Waals surface area contributed by atoms with E-state index in [2.05, 4.69) is 10.3 Å². The first-order chi connectivity index (χ1) is 6.29. The fourth-order valence-electron chi connectivity index (χ4n) is 1.90. The van der Waals surface area contributed by atoms with E-state index in [1.165, 1.54) is 18.5 Å². The lowest BCUT2D eigenvalue weighted by Gasteiger charge is -2.22. The standard InChI is InChI=1S/C9H14ClN3/c1-13-8(6-12-9(13)10)7-2-4-11-5-3-7/h6-7,11H,2-5H2,1H3. The molecule has 1 aromatic heterocycles. The highest BCUT2D eigenvalue weighted by Crippen LogP contribution is 2.26. The number of nitrogens with zero attached hydrogens (tertiary/aromatic N) is 2. The van der Waals surface area contributed by atoms with Crippen molar-refractivity contribution in [1.82, 2.24) is 14.9 Å². The molecular weight excluding hydrogens is 186 g/mol. The highest BCUT2D eigenvalue weighted by Gasteiger charge is 2.18. The molecule has 4 heteroatoms. The SMILES string of the molecule is Cn1c(C2CCNCC2)cnc1Cl. The molecule has 0 atom stereocenters. The third kappa shape index (κ3) is 1.71. The van der Waals surface area contributed by atoms with Gasteiger partial charge in [0.25, 0.3) is 0 Å². The molecule has 13 heavy (non-hydrogen) atoms. The Morgan fingerprint density at radius 1 is 1.54 bits per heavy atom. The van der Waals surface area contributed by atoms with Gasteiger partial charge in [-0.2, -0.15) is 0 Å². The fourth-order valence-corrected chi connectivity index (χ4v) is 2.04. The Morgan fingerprint density at radius 2 is 2.23 bits per heavy atom. The van der Waals surface area contributed by atoms with E-state index in [1.54, 1.807) is 0 Å². The molecule has 2 rings (SSSR count). The second-order valence-corrected chi connectivity index (χ2v) is 3.87. The van der Waals surface area contributed by atoms with Gasteiger partial charge >= 0.3 is 0 Å². The average Bonchev–Trinajstić information content (AvgIpc) is 2.49. The van der Waals surface area contributed by atoms with Gasteiger partial charge in [0.2, 0.25) is 5.28 Å². The van der Waals surface area contributed by atoms with E-state index < -0.39 is 0 Å². The van der Waals surface area contributed by atoms with Crippen LogP contribution in [0.25, 0.3) is 0 Å². The Labute approximate surface area is 83.1 Å². The summed E-state index contributed by atoms with van der Waals surface area (Å²) >= 11 is 5.88. The van der Waals surface area contributed by atoms with Crippen LogP contribution in [0.5, 0.6) is 0 Å². The lowest BCUT2D eigenvalue weighted by atomic mass is 9.95. The zero-order chi connectivity index (χ0) is 9.26. The highest BCUT2D eigenvalue weighted by molar-refractivity contribution is 6.28. The Balaban J connectivity index is 2.18. The maximum absolute atomic E-state index is 5.88. The Kier molecular flexibility index (Phi) is 2.56. The van der Waals surface area contributed by atoms with E-state index >= 15 is 0 Å². The van der Waals surface area contributed by atoms with Crippen molar-refractivity contribution < 1.29 is 0 Å². The molecule has 1 fully saturated rings. The maximum atomic E-state index is 5.88. The maximum Gasteiger partial charge on any atom is 0.202 e. The van der Waals surface area contributed by atoms with Gasteiger partial charge in [-0.15, -0.1) is 0 Å². The largest absolute Gasteiger partial charge is 0.322 e. The summed E-state index contributed by atoms with van der Waals surface area (Å²) in [6.45, 7) is 2.21. The van der Waals surface area contributed by atoms with E-state index in [0.717, 1.165) is 13.1 Å². The number of aromatic nitrogens is 2. The van der Waals surface area contributed by atoms with Crippen molar-refractivity contribution in [2.24, 2.45) is 7.05 Å². The second kappa shape index (κ2) is 3.68. The van der Waals surface area contributed by atoms with Crippen LogP contribution in [0.3, 0.4) is 0 Å². The first kappa shape index (κ1) is 9.03. The van der Waals surface area contributed by atoms with Gasteiger partial charge in [-0.1, -0.05) is 0 Å². The molecule has 1 aliphatic heterocycles. The van der Waals surface area contributed by atoms with Crippen molar-refractivity contribution >= 4 is 11.6 Å². The van der Waals surface area contributed by atoms with Crippen molar-refractivity contribution in [3.05, 3.63) is 17.2 Å². The number of halogens is 1. The molecule has 0 unspecified atom stereocenters.